The van der Waals surface area contributed by atoms with Crippen molar-refractivity contribution >= 4 is 50.1 Å². The second-order valence-electron chi connectivity index (χ2n) is 8.07. The van der Waals surface area contributed by atoms with E-state index in [2.05, 4.69) is 0 Å². The molecule has 0 N–H and O–H groups in total. The van der Waals surface area contributed by atoms with Crippen LogP contribution in [0.2, 0.25) is 5.02 Å². The molecule has 4 rings (SSSR count). The number of anilines is 1. The van der Waals surface area contributed by atoms with Gasteiger partial charge in [-0.1, -0.05) is 53.6 Å². The van der Waals surface area contributed by atoms with Crippen LogP contribution >= 0.6 is 11.6 Å². The van der Waals surface area contributed by atoms with Crippen molar-refractivity contribution in [3.05, 3.63) is 94.6 Å². The van der Waals surface area contributed by atoms with Crippen molar-refractivity contribution in [3.63, 3.8) is 0 Å². The first-order chi connectivity index (χ1) is 16.6. The lowest BCUT2D eigenvalue weighted by atomic mass is 10.2. The number of carbonyl (C=O) groups is 2. The summed E-state index contributed by atoms with van der Waals surface area (Å²) in [4.78, 5) is 25.8. The van der Waals surface area contributed by atoms with E-state index in [1.807, 2.05) is 6.92 Å². The summed E-state index contributed by atoms with van der Waals surface area (Å²) in [5.74, 6) is -1.15. The highest BCUT2D eigenvalue weighted by Crippen LogP contribution is 2.29. The van der Waals surface area contributed by atoms with Gasteiger partial charge in [-0.15, -0.1) is 0 Å². The number of hydrogen-bond acceptors (Lipinski definition) is 5. The Bertz CT molecular complexity index is 1540. The Kier molecular flexibility index (Phi) is 6.69. The summed E-state index contributed by atoms with van der Waals surface area (Å²) < 4.78 is 34.5. The minimum Gasteiger partial charge on any atom is -0.465 e. The molecule has 0 bridgehead atoms. The molecule has 0 spiro atoms. The molecular formula is C26H23ClN2O5S. The fourth-order valence-electron chi connectivity index (χ4n) is 3.75. The molecule has 0 fully saturated rings. The molecule has 180 valence electrons. The average Bonchev–Trinajstić information content (AvgIpc) is 3.24. The molecule has 0 amide bonds. The van der Waals surface area contributed by atoms with Crippen LogP contribution in [0.5, 0.6) is 0 Å². The lowest BCUT2D eigenvalue weighted by Crippen LogP contribution is -2.37. The van der Waals surface area contributed by atoms with Gasteiger partial charge >= 0.3 is 5.97 Å². The molecule has 0 radical (unpaired) electrons. The van der Waals surface area contributed by atoms with Crippen LogP contribution in [0.15, 0.2) is 77.8 Å². The topological polar surface area (TPSA) is 85.7 Å². The Labute approximate surface area is 208 Å². The number of aryl methyl sites for hydroxylation is 2. The van der Waals surface area contributed by atoms with Crippen molar-refractivity contribution in [3.8, 4) is 0 Å². The maximum Gasteiger partial charge on any atom is 0.340 e. The van der Waals surface area contributed by atoms with E-state index in [1.54, 1.807) is 55.5 Å². The van der Waals surface area contributed by atoms with Gasteiger partial charge in [-0.3, -0.25) is 13.7 Å². The van der Waals surface area contributed by atoms with E-state index in [0.29, 0.717) is 15.9 Å². The van der Waals surface area contributed by atoms with Crippen molar-refractivity contribution in [1.29, 1.82) is 0 Å². The van der Waals surface area contributed by atoms with Crippen LogP contribution in [0.3, 0.4) is 0 Å². The Balaban J connectivity index is 1.82. The predicted octanol–water partition coefficient (Wildman–Crippen LogP) is 5.23. The molecule has 0 saturated heterocycles. The van der Waals surface area contributed by atoms with Gasteiger partial charge in [-0.25, -0.2) is 13.2 Å². The summed E-state index contributed by atoms with van der Waals surface area (Å²) in [5, 5.41) is 0.900. The zero-order valence-electron chi connectivity index (χ0n) is 19.4. The second kappa shape index (κ2) is 9.56. The van der Waals surface area contributed by atoms with E-state index in [1.165, 1.54) is 36.1 Å². The fraction of sp³-hybridized carbons (Fsp3) is 0.154. The fourth-order valence-corrected chi connectivity index (χ4v) is 5.33. The number of halogens is 1. The number of esters is 1. The Morgan fingerprint density at radius 1 is 1.00 bits per heavy atom. The van der Waals surface area contributed by atoms with Crippen LogP contribution in [0.25, 0.3) is 10.9 Å². The van der Waals surface area contributed by atoms with Crippen molar-refractivity contribution in [2.75, 3.05) is 18.0 Å². The van der Waals surface area contributed by atoms with Crippen LogP contribution < -0.4 is 4.31 Å². The summed E-state index contributed by atoms with van der Waals surface area (Å²) in [6.45, 7) is 3.14. The maximum absolute atomic E-state index is 13.7. The molecular weight excluding hydrogens is 488 g/mol. The van der Waals surface area contributed by atoms with Gasteiger partial charge in [0.05, 0.1) is 28.8 Å². The molecule has 0 aliphatic rings. The Morgan fingerprint density at radius 2 is 1.69 bits per heavy atom. The molecule has 0 aliphatic carbocycles. The Hall–Kier alpha value is -3.62. The molecule has 7 nitrogen and oxygen atoms in total. The Morgan fingerprint density at radius 3 is 2.34 bits per heavy atom. The van der Waals surface area contributed by atoms with Gasteiger partial charge in [0, 0.05) is 16.6 Å². The van der Waals surface area contributed by atoms with Gasteiger partial charge < -0.3 is 4.74 Å². The summed E-state index contributed by atoms with van der Waals surface area (Å²) in [5.41, 5.74) is 2.60. The average molecular weight is 511 g/mol. The number of carbonyl (C=O) groups excluding carboxylic acids is 2. The molecule has 4 aromatic rings. The largest absolute Gasteiger partial charge is 0.465 e. The van der Waals surface area contributed by atoms with E-state index in [9.17, 15) is 18.0 Å². The molecule has 0 aliphatic heterocycles. The lowest BCUT2D eigenvalue weighted by molar-refractivity contribution is 0.0603. The van der Waals surface area contributed by atoms with Crippen LogP contribution in [0.4, 0.5) is 5.69 Å². The highest BCUT2D eigenvalue weighted by atomic mass is 35.5. The quantitative estimate of drug-likeness (QED) is 0.331. The summed E-state index contributed by atoms with van der Waals surface area (Å²) in [6, 6.07) is 18.1. The van der Waals surface area contributed by atoms with Crippen LogP contribution in [0, 0.1) is 13.8 Å². The first-order valence-corrected chi connectivity index (χ1v) is 12.5. The van der Waals surface area contributed by atoms with Crippen LogP contribution in [-0.4, -0.2) is 38.5 Å². The zero-order chi connectivity index (χ0) is 25.3. The number of fused-ring (bicyclic) bond motifs is 1. The smallest absolute Gasteiger partial charge is 0.340 e. The number of para-hydroxylation sites is 1. The third-order valence-electron chi connectivity index (χ3n) is 5.72. The van der Waals surface area contributed by atoms with Gasteiger partial charge in [-0.05, 0) is 49.7 Å². The van der Waals surface area contributed by atoms with E-state index in [0.717, 1.165) is 15.4 Å². The van der Waals surface area contributed by atoms with Gasteiger partial charge in [0.15, 0.2) is 0 Å². The second-order valence-corrected chi connectivity index (χ2v) is 10.3. The number of ether oxygens (including phenoxy) is 1. The lowest BCUT2D eigenvalue weighted by Gasteiger charge is -2.24. The van der Waals surface area contributed by atoms with Crippen molar-refractivity contribution < 1.29 is 22.7 Å². The normalized spacial score (nSPS) is 11.4. The molecule has 0 unspecified atom stereocenters. The van der Waals surface area contributed by atoms with Crippen LogP contribution in [-0.2, 0) is 14.8 Å². The number of rotatable bonds is 6. The number of nitrogens with zero attached hydrogens (tertiary/aromatic N) is 2. The molecule has 9 heteroatoms. The summed E-state index contributed by atoms with van der Waals surface area (Å²) in [6.07, 6.45) is 1.37. The zero-order valence-corrected chi connectivity index (χ0v) is 20.9. The molecule has 35 heavy (non-hydrogen) atoms. The number of methoxy groups -OCH3 is 1. The number of benzene rings is 3. The third kappa shape index (κ3) is 4.67. The maximum atomic E-state index is 13.7. The monoisotopic (exact) mass is 510 g/mol. The predicted molar refractivity (Wildman–Crippen MR) is 136 cm³/mol. The number of sulfonamides is 1. The molecule has 0 saturated carbocycles. The van der Waals surface area contributed by atoms with Crippen molar-refractivity contribution in [2.24, 2.45) is 0 Å². The summed E-state index contributed by atoms with van der Waals surface area (Å²) in [7, 11) is -2.86. The van der Waals surface area contributed by atoms with Gasteiger partial charge in [0.2, 0.25) is 0 Å². The highest BCUT2D eigenvalue weighted by Gasteiger charge is 2.29. The molecule has 1 aromatic heterocycles. The van der Waals surface area contributed by atoms with E-state index in [4.69, 9.17) is 16.3 Å². The van der Waals surface area contributed by atoms with Crippen molar-refractivity contribution in [1.82, 2.24) is 4.57 Å². The first kappa shape index (κ1) is 24.5. The standard InChI is InChI=1S/C26H23ClN2O5S/c1-17-8-12-20(13-9-17)35(32,33)29(19-11-10-18(2)23(27)14-19)16-25(30)28-15-22(26(31)34-3)21-6-4-5-7-24(21)28/h4-15H,16H2,1-3H3. The SMILES string of the molecule is COC(=O)c1cn(C(=O)CN(c2ccc(C)c(Cl)c2)S(=O)(=O)c2ccc(C)cc2)c2ccccc12. The van der Waals surface area contributed by atoms with Crippen molar-refractivity contribution in [2.45, 2.75) is 18.7 Å². The van der Waals surface area contributed by atoms with Gasteiger partial charge in [-0.2, -0.15) is 0 Å². The molecule has 1 heterocycles. The van der Waals surface area contributed by atoms with E-state index in [-0.39, 0.29) is 16.1 Å². The third-order valence-corrected chi connectivity index (χ3v) is 7.91. The van der Waals surface area contributed by atoms with E-state index < -0.39 is 28.4 Å². The van der Waals surface area contributed by atoms with E-state index >= 15 is 0 Å². The molecule has 0 atom stereocenters. The van der Waals surface area contributed by atoms with Gasteiger partial charge in [0.25, 0.3) is 15.9 Å². The number of hydrogen-bond donors (Lipinski definition) is 0. The first-order valence-electron chi connectivity index (χ1n) is 10.7. The minimum absolute atomic E-state index is 0.0419. The van der Waals surface area contributed by atoms with Gasteiger partial charge in [0.1, 0.15) is 6.54 Å². The van der Waals surface area contributed by atoms with Crippen LogP contribution in [0.1, 0.15) is 26.3 Å². The minimum atomic E-state index is -4.12. The number of aromatic nitrogens is 1. The summed E-state index contributed by atoms with van der Waals surface area (Å²) >= 11 is 6.30. The molecule has 3 aromatic carbocycles. The highest BCUT2D eigenvalue weighted by molar-refractivity contribution is 7.92.